The third kappa shape index (κ3) is 7.03. The molecule has 0 saturated heterocycles. The Kier molecular flexibility index (Phi) is 9.39. The van der Waals surface area contributed by atoms with Crippen LogP contribution < -0.4 is 10.6 Å². The van der Waals surface area contributed by atoms with Crippen LogP contribution in [0.15, 0.2) is 42.3 Å². The summed E-state index contributed by atoms with van der Waals surface area (Å²) in [5.74, 6) is -2.53. The van der Waals surface area contributed by atoms with Crippen molar-refractivity contribution in [2.75, 3.05) is 19.5 Å². The quantitative estimate of drug-likeness (QED) is 0.312. The van der Waals surface area contributed by atoms with Crippen molar-refractivity contribution < 1.29 is 28.9 Å². The molecule has 0 spiro atoms. The summed E-state index contributed by atoms with van der Waals surface area (Å²) in [7, 11) is -2.66. The van der Waals surface area contributed by atoms with E-state index >= 15 is 0 Å². The zero-order valence-electron chi connectivity index (χ0n) is 22.6. The van der Waals surface area contributed by atoms with Crippen LogP contribution >= 0.6 is 7.37 Å². The van der Waals surface area contributed by atoms with E-state index in [0.717, 1.165) is 10.3 Å². The molecule has 10 heteroatoms. The number of nitrogens with one attached hydrogen (secondary N) is 2. The van der Waals surface area contributed by atoms with Crippen LogP contribution in [-0.2, 0) is 14.2 Å². The van der Waals surface area contributed by atoms with E-state index in [-0.39, 0.29) is 17.7 Å². The van der Waals surface area contributed by atoms with Crippen LogP contribution in [0.2, 0.25) is 0 Å². The minimum atomic E-state index is -4.15. The Labute approximate surface area is 223 Å². The smallest absolute Gasteiger partial charge is 0.261 e. The largest absolute Gasteiger partial charge is 0.494 e. The highest BCUT2D eigenvalue weighted by atomic mass is 31.2. The van der Waals surface area contributed by atoms with Crippen molar-refractivity contribution in [3.05, 3.63) is 53.4 Å². The van der Waals surface area contributed by atoms with Crippen LogP contribution in [0.25, 0.3) is 16.8 Å². The van der Waals surface area contributed by atoms with Gasteiger partial charge in [0, 0.05) is 36.2 Å². The summed E-state index contributed by atoms with van der Waals surface area (Å²) in [5, 5.41) is 17.6. The van der Waals surface area contributed by atoms with Crippen LogP contribution in [0.4, 0.5) is 0 Å². The highest BCUT2D eigenvalue weighted by Gasteiger charge is 2.36. The second-order valence-corrected chi connectivity index (χ2v) is 13.1. The van der Waals surface area contributed by atoms with Crippen LogP contribution in [0.3, 0.4) is 0 Å². The summed E-state index contributed by atoms with van der Waals surface area (Å²) in [6.07, 6.45) is 1.11. The van der Waals surface area contributed by atoms with Crippen molar-refractivity contribution in [1.82, 2.24) is 15.5 Å². The van der Waals surface area contributed by atoms with Gasteiger partial charge in [0.15, 0.2) is 5.88 Å². The van der Waals surface area contributed by atoms with Gasteiger partial charge in [-0.2, -0.15) is 0 Å². The van der Waals surface area contributed by atoms with Crippen molar-refractivity contribution in [1.29, 1.82) is 0 Å². The van der Waals surface area contributed by atoms with Crippen molar-refractivity contribution in [2.24, 2.45) is 17.8 Å². The first-order chi connectivity index (χ1) is 17.8. The molecular weight excluding hydrogens is 505 g/mol. The summed E-state index contributed by atoms with van der Waals surface area (Å²) in [6.45, 7) is 7.68. The van der Waals surface area contributed by atoms with Gasteiger partial charge in [-0.25, -0.2) is 0 Å². The summed E-state index contributed by atoms with van der Waals surface area (Å²) in [4.78, 5) is 51.0. The van der Waals surface area contributed by atoms with Gasteiger partial charge in [0.25, 0.3) is 5.91 Å². The maximum Gasteiger partial charge on any atom is 0.261 e. The molecule has 2 unspecified atom stereocenters. The first-order valence-corrected chi connectivity index (χ1v) is 14.9. The number of aliphatic hydroxyl groups excluding tert-OH is 1. The van der Waals surface area contributed by atoms with Crippen LogP contribution in [0.1, 0.15) is 56.5 Å². The van der Waals surface area contributed by atoms with E-state index in [1.165, 1.54) is 13.1 Å². The van der Waals surface area contributed by atoms with E-state index in [1.807, 2.05) is 45.9 Å². The van der Waals surface area contributed by atoms with Crippen LogP contribution in [0.5, 0.6) is 0 Å². The first kappa shape index (κ1) is 29.4. The SMILES string of the molecule is CNC(=O)[C@H](CC(C)C)NC(=O)C(CC(C)C)CP(=O)(O)CN1C(=O)c2cccc3cccc(c23)C=C1O. The van der Waals surface area contributed by atoms with Crippen molar-refractivity contribution >= 4 is 41.9 Å². The zero-order valence-corrected chi connectivity index (χ0v) is 23.5. The molecule has 3 amide bonds. The molecule has 3 rings (SSSR count). The van der Waals surface area contributed by atoms with Gasteiger partial charge in [0.2, 0.25) is 19.2 Å². The van der Waals surface area contributed by atoms with E-state index in [4.69, 9.17) is 0 Å². The zero-order chi connectivity index (χ0) is 28.2. The molecule has 1 heterocycles. The number of nitrogens with zero attached hydrogens (tertiary/aromatic N) is 1. The van der Waals surface area contributed by atoms with Crippen LogP contribution in [-0.4, -0.2) is 58.2 Å². The molecule has 1 aliphatic heterocycles. The van der Waals surface area contributed by atoms with E-state index < -0.39 is 49.5 Å². The number of hydrogen-bond acceptors (Lipinski definition) is 5. The van der Waals surface area contributed by atoms with Gasteiger partial charge in [0.1, 0.15) is 12.3 Å². The van der Waals surface area contributed by atoms with Gasteiger partial charge >= 0.3 is 0 Å². The van der Waals surface area contributed by atoms with Gasteiger partial charge < -0.3 is 20.6 Å². The number of aliphatic hydroxyl groups is 1. The number of amides is 3. The van der Waals surface area contributed by atoms with E-state index in [0.29, 0.717) is 29.4 Å². The lowest BCUT2D eigenvalue weighted by Crippen LogP contribution is -2.49. The molecule has 3 atom stereocenters. The van der Waals surface area contributed by atoms with E-state index in [9.17, 15) is 28.9 Å². The first-order valence-electron chi connectivity index (χ1n) is 12.9. The normalized spacial score (nSPS) is 16.6. The molecule has 0 radical (unpaired) electrons. The standard InChI is InChI=1S/C28H38N3O6P/c1-17(2)12-21(26(33)30-23(13-18(3)4)27(34)29-5)15-38(36,37)16-31-24(32)14-20-10-6-8-19-9-7-11-22(25(19)20)28(31)35/h6-11,14,17-18,21,23,32H,12-13,15-16H2,1-5H3,(H,29,34)(H,30,33)(H,36,37)/t21?,23-/m0/s1. The van der Waals surface area contributed by atoms with Crippen molar-refractivity contribution in [2.45, 2.75) is 46.6 Å². The minimum absolute atomic E-state index is 0.0366. The number of rotatable bonds is 11. The lowest BCUT2D eigenvalue weighted by molar-refractivity contribution is -0.131. The van der Waals surface area contributed by atoms with Gasteiger partial charge in [-0.05, 0) is 41.7 Å². The number of carbonyl (C=O) groups excluding carboxylic acids is 3. The van der Waals surface area contributed by atoms with Crippen molar-refractivity contribution in [3.8, 4) is 0 Å². The van der Waals surface area contributed by atoms with E-state index in [2.05, 4.69) is 10.6 Å². The van der Waals surface area contributed by atoms with Gasteiger partial charge in [-0.3, -0.25) is 23.8 Å². The molecule has 9 nitrogen and oxygen atoms in total. The lowest BCUT2D eigenvalue weighted by atomic mass is 9.96. The molecule has 2 aromatic rings. The fourth-order valence-electron chi connectivity index (χ4n) is 4.89. The summed E-state index contributed by atoms with van der Waals surface area (Å²) in [5.41, 5.74) is 0.943. The predicted molar refractivity (Wildman–Crippen MR) is 149 cm³/mol. The second kappa shape index (κ2) is 12.1. The molecule has 0 saturated carbocycles. The Hall–Kier alpha value is -3.16. The predicted octanol–water partition coefficient (Wildman–Crippen LogP) is 4.32. The Bertz CT molecular complexity index is 1280. The molecule has 0 bridgehead atoms. The highest BCUT2D eigenvalue weighted by molar-refractivity contribution is 7.58. The Morgan fingerprint density at radius 3 is 2.24 bits per heavy atom. The van der Waals surface area contributed by atoms with Crippen molar-refractivity contribution in [3.63, 3.8) is 0 Å². The number of likely N-dealkylation sites (N-methyl/N-ethyl adjacent to an activating group) is 1. The molecule has 0 aliphatic carbocycles. The maximum atomic E-state index is 13.5. The number of carbonyl (C=O) groups is 3. The third-order valence-corrected chi connectivity index (χ3v) is 8.29. The summed E-state index contributed by atoms with van der Waals surface area (Å²) >= 11 is 0. The Morgan fingerprint density at radius 1 is 1.00 bits per heavy atom. The maximum absolute atomic E-state index is 13.5. The molecule has 38 heavy (non-hydrogen) atoms. The molecule has 0 fully saturated rings. The molecule has 1 aliphatic rings. The average Bonchev–Trinajstić information content (AvgIpc) is 2.93. The fourth-order valence-corrected chi connectivity index (χ4v) is 6.73. The summed E-state index contributed by atoms with van der Waals surface area (Å²) < 4.78 is 13.5. The van der Waals surface area contributed by atoms with E-state index in [1.54, 1.807) is 18.2 Å². The highest BCUT2D eigenvalue weighted by Crippen LogP contribution is 2.46. The lowest BCUT2D eigenvalue weighted by Gasteiger charge is -2.28. The average molecular weight is 544 g/mol. The van der Waals surface area contributed by atoms with Crippen LogP contribution in [0, 0.1) is 17.8 Å². The Morgan fingerprint density at radius 2 is 1.63 bits per heavy atom. The molecule has 2 aromatic carbocycles. The second-order valence-electron chi connectivity index (χ2n) is 10.8. The fraction of sp³-hybridized carbons (Fsp3) is 0.464. The third-order valence-electron chi connectivity index (χ3n) is 6.55. The minimum Gasteiger partial charge on any atom is -0.494 e. The number of benzene rings is 2. The van der Waals surface area contributed by atoms with Gasteiger partial charge in [0.05, 0.1) is 0 Å². The monoisotopic (exact) mass is 543 g/mol. The Balaban J connectivity index is 1.85. The topological polar surface area (TPSA) is 136 Å². The molecule has 4 N–H and O–H groups in total. The molecule has 0 aromatic heterocycles. The molecular formula is C28H38N3O6P. The van der Waals surface area contributed by atoms with Gasteiger partial charge in [-0.1, -0.05) is 58.0 Å². The van der Waals surface area contributed by atoms with Gasteiger partial charge in [-0.15, -0.1) is 0 Å². The summed E-state index contributed by atoms with van der Waals surface area (Å²) in [6, 6.07) is 9.86. The molecule has 206 valence electrons. The number of hydrogen-bond donors (Lipinski definition) is 4.